The lowest BCUT2D eigenvalue weighted by atomic mass is 9.52. The molecule has 2 aliphatic heterocycles. The molecule has 3 aromatic carbocycles. The van der Waals surface area contributed by atoms with Crippen molar-refractivity contribution in [3.05, 3.63) is 123 Å². The molecule has 1 spiro atoms. The lowest BCUT2D eigenvalue weighted by Crippen LogP contribution is -2.45. The number of nitrogens with one attached hydrogen (secondary N) is 2. The Bertz CT molecular complexity index is 2440. The van der Waals surface area contributed by atoms with Crippen LogP contribution in [0, 0.1) is 17.3 Å². The Morgan fingerprint density at radius 1 is 0.910 bits per heavy atom. The molecular weight excluding hydrogens is 849 g/mol. The molecular formula is C55H66N2O10. The number of benzene rings is 3. The summed E-state index contributed by atoms with van der Waals surface area (Å²) in [6.07, 6.45) is 8.87. The standard InChI is InChI=1S/C55H66N2O10/c1-52(2,3)66-47(59)21-19-40(32-58)57-50(61)36-16-11-12-33(24-36)31-56-49(60)39-26-44(48-45(27-39)64-55(67-48)28-37-14-7-8-15-38(37)29-55)63-51(62)41-17-10-9-13-34(41)25-35-18-20-46-54(6,65-46)23-22-43-42(35)30-53(43,4)5/h7-17,24-25,27,40,42-46,48,58H,18-23,26,28-32H2,1-6H3,(H,56,60)(H,57,61)/t40-,42+,43+,44+,45+,46?,48-,54+/m0/s1. The second-order valence-corrected chi connectivity index (χ2v) is 21.6. The van der Waals surface area contributed by atoms with Crippen LogP contribution >= 0.6 is 0 Å². The molecule has 1 unspecified atom stereocenters. The molecule has 9 rings (SSSR count). The monoisotopic (exact) mass is 914 g/mol. The quantitative estimate of drug-likeness (QED) is 0.120. The third-order valence-corrected chi connectivity index (χ3v) is 15.0. The summed E-state index contributed by atoms with van der Waals surface area (Å²) in [6, 6.07) is 22.0. The maximum atomic E-state index is 14.5. The molecule has 2 saturated carbocycles. The first-order valence-corrected chi connectivity index (χ1v) is 24.2. The third kappa shape index (κ3) is 10.3. The number of hydrogen-bond donors (Lipinski definition) is 3. The summed E-state index contributed by atoms with van der Waals surface area (Å²) in [7, 11) is 0. The number of allylic oxidation sites excluding steroid dienone is 1. The van der Waals surface area contributed by atoms with Gasteiger partial charge in [-0.1, -0.05) is 80.1 Å². The molecule has 12 nitrogen and oxygen atoms in total. The van der Waals surface area contributed by atoms with Crippen molar-refractivity contribution in [3.8, 4) is 0 Å². The predicted molar refractivity (Wildman–Crippen MR) is 251 cm³/mol. The Hall–Kier alpha value is -5.14. The van der Waals surface area contributed by atoms with Gasteiger partial charge in [0.25, 0.3) is 5.91 Å². The van der Waals surface area contributed by atoms with Crippen molar-refractivity contribution >= 4 is 29.8 Å². The van der Waals surface area contributed by atoms with Crippen molar-refractivity contribution in [3.63, 3.8) is 0 Å². The van der Waals surface area contributed by atoms with E-state index in [1.165, 1.54) is 5.57 Å². The summed E-state index contributed by atoms with van der Waals surface area (Å²) in [4.78, 5) is 54.1. The number of hydrogen-bond acceptors (Lipinski definition) is 10. The van der Waals surface area contributed by atoms with E-state index in [1.807, 2.05) is 42.5 Å². The summed E-state index contributed by atoms with van der Waals surface area (Å²) >= 11 is 0. The number of aliphatic hydroxyl groups is 1. The van der Waals surface area contributed by atoms with Crippen LogP contribution in [0.4, 0.5) is 0 Å². The zero-order valence-electron chi connectivity index (χ0n) is 39.7. The van der Waals surface area contributed by atoms with Crippen LogP contribution in [0.5, 0.6) is 0 Å². The highest BCUT2D eigenvalue weighted by Crippen LogP contribution is 2.60. The third-order valence-electron chi connectivity index (χ3n) is 15.0. The number of epoxide rings is 1. The second kappa shape index (κ2) is 18.4. The molecule has 0 radical (unpaired) electrons. The van der Waals surface area contributed by atoms with Gasteiger partial charge < -0.3 is 39.4 Å². The van der Waals surface area contributed by atoms with Gasteiger partial charge in [0, 0.05) is 43.4 Å². The Kier molecular flexibility index (Phi) is 12.9. The Morgan fingerprint density at radius 2 is 1.66 bits per heavy atom. The van der Waals surface area contributed by atoms with Crippen molar-refractivity contribution in [1.82, 2.24) is 10.6 Å². The largest absolute Gasteiger partial charge is 0.460 e. The molecule has 4 fully saturated rings. The van der Waals surface area contributed by atoms with Crippen molar-refractivity contribution in [2.24, 2.45) is 17.3 Å². The number of rotatable bonds is 12. The number of carbonyl (C=O) groups is 4. The molecule has 12 heteroatoms. The average Bonchev–Trinajstić information content (AvgIpc) is 3.57. The highest BCUT2D eigenvalue weighted by molar-refractivity contribution is 5.96. The number of aliphatic hydroxyl groups excluding tert-OH is 1. The van der Waals surface area contributed by atoms with Gasteiger partial charge in [0.1, 0.15) is 23.9 Å². The maximum absolute atomic E-state index is 14.5. The van der Waals surface area contributed by atoms with Crippen LogP contribution in [-0.4, -0.2) is 82.9 Å². The first-order valence-electron chi connectivity index (χ1n) is 24.2. The summed E-state index contributed by atoms with van der Waals surface area (Å²) in [5.41, 5.74) is 5.96. The van der Waals surface area contributed by atoms with Gasteiger partial charge in [-0.25, -0.2) is 4.79 Å². The molecule has 0 bridgehead atoms. The van der Waals surface area contributed by atoms with Gasteiger partial charge in [-0.2, -0.15) is 0 Å². The number of amides is 2. The highest BCUT2D eigenvalue weighted by atomic mass is 16.8. The first kappa shape index (κ1) is 46.9. The van der Waals surface area contributed by atoms with Crippen LogP contribution < -0.4 is 10.6 Å². The van der Waals surface area contributed by atoms with E-state index in [1.54, 1.807) is 45.0 Å². The van der Waals surface area contributed by atoms with Crippen LogP contribution in [-0.2, 0) is 52.7 Å². The van der Waals surface area contributed by atoms with E-state index < -0.39 is 53.6 Å². The molecule has 8 atom stereocenters. The minimum Gasteiger partial charge on any atom is -0.460 e. The van der Waals surface area contributed by atoms with Gasteiger partial charge in [-0.3, -0.25) is 14.4 Å². The van der Waals surface area contributed by atoms with E-state index in [9.17, 15) is 24.3 Å². The highest BCUT2D eigenvalue weighted by Gasteiger charge is 2.57. The fourth-order valence-electron chi connectivity index (χ4n) is 11.4. The Balaban J connectivity index is 0.901. The van der Waals surface area contributed by atoms with Crippen LogP contribution in [0.25, 0.3) is 6.08 Å². The zero-order valence-corrected chi connectivity index (χ0v) is 39.7. The van der Waals surface area contributed by atoms with Crippen molar-refractivity contribution in [2.75, 3.05) is 6.61 Å². The topological polar surface area (TPSA) is 162 Å². The molecule has 2 heterocycles. The second-order valence-electron chi connectivity index (χ2n) is 21.6. The first-order chi connectivity index (χ1) is 31.9. The van der Waals surface area contributed by atoms with E-state index in [0.29, 0.717) is 46.9 Å². The van der Waals surface area contributed by atoms with Crippen molar-refractivity contribution in [2.45, 2.75) is 160 Å². The SMILES string of the molecule is CC(C)(C)OC(=O)CC[C@@H](CO)NC(=O)c1cccc(CNC(=O)C2=C[C@H]3OC4(Cc5ccccc5C4)O[C@H]3[C@H](OC(=O)c3ccccc3C=C3CCC4O[C@]4(C)CC[C@@H]4[C@@H]3CC4(C)C)C2)c1. The summed E-state index contributed by atoms with van der Waals surface area (Å²) in [5, 5.41) is 15.8. The molecule has 4 aliphatic carbocycles. The fourth-order valence-corrected chi connectivity index (χ4v) is 11.4. The number of carbonyl (C=O) groups excluding carboxylic acids is 4. The van der Waals surface area contributed by atoms with Crippen LogP contribution in [0.3, 0.4) is 0 Å². The van der Waals surface area contributed by atoms with E-state index in [2.05, 4.69) is 49.6 Å². The number of fused-ring (bicyclic) bond motifs is 4. The predicted octanol–water partition coefficient (Wildman–Crippen LogP) is 8.13. The van der Waals surface area contributed by atoms with Gasteiger partial charge in [0.2, 0.25) is 5.91 Å². The molecule has 3 N–H and O–H groups in total. The molecule has 6 aliphatic rings. The van der Waals surface area contributed by atoms with Gasteiger partial charge in [0.05, 0.1) is 29.9 Å². The Morgan fingerprint density at radius 3 is 2.39 bits per heavy atom. The molecule has 2 amide bonds. The number of ether oxygens (including phenoxy) is 5. The minimum atomic E-state index is -0.953. The summed E-state index contributed by atoms with van der Waals surface area (Å²) in [5.74, 6) is -1.60. The van der Waals surface area contributed by atoms with E-state index in [4.69, 9.17) is 23.7 Å². The Labute approximate surface area is 394 Å². The van der Waals surface area contributed by atoms with Gasteiger partial charge in [-0.05, 0) is 130 Å². The normalized spacial score (nSPS) is 28.7. The molecule has 0 aromatic heterocycles. The summed E-state index contributed by atoms with van der Waals surface area (Å²) < 4.78 is 31.6. The van der Waals surface area contributed by atoms with Crippen LogP contribution in [0.2, 0.25) is 0 Å². The van der Waals surface area contributed by atoms with Gasteiger partial charge in [-0.15, -0.1) is 0 Å². The smallest absolute Gasteiger partial charge is 0.339 e. The molecule has 67 heavy (non-hydrogen) atoms. The average molecular weight is 915 g/mol. The number of esters is 2. The van der Waals surface area contributed by atoms with E-state index >= 15 is 0 Å². The minimum absolute atomic E-state index is 0.0244. The molecule has 3 aromatic rings. The van der Waals surface area contributed by atoms with Gasteiger partial charge >= 0.3 is 11.9 Å². The molecule has 356 valence electrons. The molecule has 2 saturated heterocycles. The van der Waals surface area contributed by atoms with Crippen molar-refractivity contribution < 1.29 is 48.0 Å². The van der Waals surface area contributed by atoms with Gasteiger partial charge in [0.15, 0.2) is 5.79 Å². The van der Waals surface area contributed by atoms with E-state index in [-0.39, 0.29) is 55.4 Å². The maximum Gasteiger partial charge on any atom is 0.339 e. The zero-order chi connectivity index (χ0) is 47.3. The van der Waals surface area contributed by atoms with Crippen molar-refractivity contribution in [1.29, 1.82) is 0 Å². The fraction of sp³-hybridized carbons (Fsp3) is 0.527. The van der Waals surface area contributed by atoms with Crippen LogP contribution in [0.1, 0.15) is 136 Å². The van der Waals surface area contributed by atoms with E-state index in [0.717, 1.165) is 48.8 Å². The van der Waals surface area contributed by atoms with Crippen LogP contribution in [0.15, 0.2) is 90.0 Å². The lowest BCUT2D eigenvalue weighted by molar-refractivity contribution is -0.172. The lowest BCUT2D eigenvalue weighted by Gasteiger charge is -2.53. The summed E-state index contributed by atoms with van der Waals surface area (Å²) in [6.45, 7) is 12.1.